The molecule has 32 heavy (non-hydrogen) atoms. The highest BCUT2D eigenvalue weighted by Crippen LogP contribution is 2.14. The van der Waals surface area contributed by atoms with Crippen molar-refractivity contribution in [2.45, 2.75) is 70.7 Å². The number of ether oxygens (including phenoxy) is 1. The first-order valence-corrected chi connectivity index (χ1v) is 10.8. The van der Waals surface area contributed by atoms with E-state index < -0.39 is 47.9 Å². The fourth-order valence-corrected chi connectivity index (χ4v) is 3.34. The molecule has 9 nitrogen and oxygen atoms in total. The lowest BCUT2D eigenvalue weighted by molar-refractivity contribution is -0.155. The third-order valence-electron chi connectivity index (χ3n) is 5.47. The molecule has 0 saturated carbocycles. The minimum absolute atomic E-state index is 0.188. The molecule has 1 aromatic carbocycles. The van der Waals surface area contributed by atoms with E-state index in [1.54, 1.807) is 6.92 Å². The van der Waals surface area contributed by atoms with Gasteiger partial charge in [-0.15, -0.1) is 0 Å². The molecule has 0 bridgehead atoms. The van der Waals surface area contributed by atoms with Crippen molar-refractivity contribution in [3.05, 3.63) is 35.9 Å². The van der Waals surface area contributed by atoms with Crippen LogP contribution in [0.4, 0.5) is 0 Å². The first kappa shape index (κ1) is 24.9. The number of hydrogen-bond acceptors (Lipinski definition) is 6. The SMILES string of the molecule is CC[C@H](C)[C@H]1NC(=O)[C@H](C)NC(=O)[C@H](Cc2ccccc2)NC(=O)C[C@@H](CC#N)OC1=O. The van der Waals surface area contributed by atoms with Gasteiger partial charge in [-0.2, -0.15) is 5.26 Å². The largest absolute Gasteiger partial charge is 0.459 e. The average molecular weight is 443 g/mol. The Morgan fingerprint density at radius 2 is 1.78 bits per heavy atom. The smallest absolute Gasteiger partial charge is 0.329 e. The Morgan fingerprint density at radius 1 is 1.09 bits per heavy atom. The molecule has 3 N–H and O–H groups in total. The second-order valence-corrected chi connectivity index (χ2v) is 8.04. The van der Waals surface area contributed by atoms with Crippen LogP contribution >= 0.6 is 0 Å². The number of benzene rings is 1. The lowest BCUT2D eigenvalue weighted by Gasteiger charge is -2.26. The maximum Gasteiger partial charge on any atom is 0.329 e. The van der Waals surface area contributed by atoms with Gasteiger partial charge >= 0.3 is 5.97 Å². The van der Waals surface area contributed by atoms with Crippen molar-refractivity contribution in [3.63, 3.8) is 0 Å². The minimum atomic E-state index is -0.991. The van der Waals surface area contributed by atoms with Gasteiger partial charge in [0.05, 0.1) is 18.9 Å². The molecule has 1 aliphatic heterocycles. The second kappa shape index (κ2) is 11.8. The number of amides is 3. The lowest BCUT2D eigenvalue weighted by atomic mass is 9.98. The van der Waals surface area contributed by atoms with Crippen LogP contribution in [0.25, 0.3) is 0 Å². The third-order valence-corrected chi connectivity index (χ3v) is 5.47. The minimum Gasteiger partial charge on any atom is -0.459 e. The Bertz CT molecular complexity index is 867. The Kier molecular flexibility index (Phi) is 9.20. The zero-order valence-corrected chi connectivity index (χ0v) is 18.6. The molecule has 0 aromatic heterocycles. The first-order chi connectivity index (χ1) is 15.2. The van der Waals surface area contributed by atoms with E-state index in [2.05, 4.69) is 16.0 Å². The van der Waals surface area contributed by atoms with Crippen LogP contribution in [0.2, 0.25) is 0 Å². The molecule has 1 aromatic rings. The Balaban J connectivity index is 2.33. The van der Waals surface area contributed by atoms with Gasteiger partial charge in [0.15, 0.2) is 0 Å². The maximum atomic E-state index is 12.9. The summed E-state index contributed by atoms with van der Waals surface area (Å²) in [7, 11) is 0. The zero-order valence-electron chi connectivity index (χ0n) is 18.6. The van der Waals surface area contributed by atoms with Crippen molar-refractivity contribution < 1.29 is 23.9 Å². The van der Waals surface area contributed by atoms with E-state index in [9.17, 15) is 19.2 Å². The van der Waals surface area contributed by atoms with E-state index in [-0.39, 0.29) is 25.2 Å². The summed E-state index contributed by atoms with van der Waals surface area (Å²) in [6.07, 6.45) is -0.649. The summed E-state index contributed by atoms with van der Waals surface area (Å²) in [4.78, 5) is 51.0. The normalized spacial score (nSPS) is 26.1. The summed E-state index contributed by atoms with van der Waals surface area (Å²) >= 11 is 0. The number of rotatable bonds is 5. The van der Waals surface area contributed by atoms with E-state index in [4.69, 9.17) is 10.00 Å². The van der Waals surface area contributed by atoms with Crippen molar-refractivity contribution in [2.24, 2.45) is 5.92 Å². The molecule has 9 heteroatoms. The van der Waals surface area contributed by atoms with Crippen molar-refractivity contribution in [1.82, 2.24) is 16.0 Å². The number of nitrogens with one attached hydrogen (secondary N) is 3. The van der Waals surface area contributed by atoms with E-state index in [0.717, 1.165) is 5.56 Å². The van der Waals surface area contributed by atoms with Crippen molar-refractivity contribution >= 4 is 23.7 Å². The quantitative estimate of drug-likeness (QED) is 0.581. The Labute approximate surface area is 187 Å². The van der Waals surface area contributed by atoms with Crippen LogP contribution in [0.15, 0.2) is 30.3 Å². The molecule has 5 atom stereocenters. The molecule has 1 heterocycles. The highest BCUT2D eigenvalue weighted by molar-refractivity contribution is 5.94. The van der Waals surface area contributed by atoms with Crippen LogP contribution < -0.4 is 16.0 Å². The molecule has 1 aliphatic rings. The van der Waals surface area contributed by atoms with Crippen LogP contribution in [0, 0.1) is 17.2 Å². The van der Waals surface area contributed by atoms with Crippen LogP contribution in [0.1, 0.15) is 45.6 Å². The Morgan fingerprint density at radius 3 is 2.41 bits per heavy atom. The summed E-state index contributed by atoms with van der Waals surface area (Å²) in [6, 6.07) is 8.21. The highest BCUT2D eigenvalue weighted by atomic mass is 16.5. The zero-order chi connectivity index (χ0) is 23.7. The summed E-state index contributed by atoms with van der Waals surface area (Å²) in [5.41, 5.74) is 0.825. The summed E-state index contributed by atoms with van der Waals surface area (Å²) < 4.78 is 5.43. The van der Waals surface area contributed by atoms with Gasteiger partial charge in [-0.25, -0.2) is 4.79 Å². The van der Waals surface area contributed by atoms with Gasteiger partial charge < -0.3 is 20.7 Å². The molecule has 3 amide bonds. The average Bonchev–Trinajstić information content (AvgIpc) is 2.76. The van der Waals surface area contributed by atoms with Gasteiger partial charge in [-0.05, 0) is 18.4 Å². The summed E-state index contributed by atoms with van der Waals surface area (Å²) in [5.74, 6) is -2.55. The molecule has 172 valence electrons. The standard InChI is InChI=1S/C23H30N4O5/c1-4-14(2)20-23(31)32-17(10-11-24)13-19(28)26-18(12-16-8-6-5-7-9-16)22(30)25-15(3)21(29)27-20/h5-9,14-15,17-18,20H,4,10,12-13H2,1-3H3,(H,25,30)(H,26,28)(H,27,29)/t14-,15-,17+,18-,20+/m0/s1. The number of esters is 1. The van der Waals surface area contributed by atoms with Gasteiger partial charge in [-0.3, -0.25) is 14.4 Å². The number of carbonyl (C=O) groups excluding carboxylic acids is 4. The van der Waals surface area contributed by atoms with Crippen molar-refractivity contribution in [3.8, 4) is 6.07 Å². The number of hydrogen-bond donors (Lipinski definition) is 3. The predicted octanol–water partition coefficient (Wildman–Crippen LogP) is 0.979. The van der Waals surface area contributed by atoms with E-state index >= 15 is 0 Å². The summed E-state index contributed by atoms with van der Waals surface area (Å²) in [6.45, 7) is 5.16. The van der Waals surface area contributed by atoms with Gasteiger partial charge in [-0.1, -0.05) is 50.6 Å². The number of cyclic esters (lactones) is 1. The fraction of sp³-hybridized carbons (Fsp3) is 0.522. The molecule has 0 radical (unpaired) electrons. The molecule has 0 spiro atoms. The monoisotopic (exact) mass is 442 g/mol. The van der Waals surface area contributed by atoms with Crippen LogP contribution in [0.5, 0.6) is 0 Å². The molecule has 0 unspecified atom stereocenters. The van der Waals surface area contributed by atoms with E-state index in [1.807, 2.05) is 43.3 Å². The lowest BCUT2D eigenvalue weighted by Crippen LogP contribution is -2.55. The molecule has 1 saturated heterocycles. The van der Waals surface area contributed by atoms with E-state index in [1.165, 1.54) is 6.92 Å². The van der Waals surface area contributed by atoms with Crippen molar-refractivity contribution in [1.29, 1.82) is 5.26 Å². The molecule has 1 fully saturated rings. The molecule has 2 rings (SSSR count). The molecular formula is C23H30N4O5. The third kappa shape index (κ3) is 7.08. The van der Waals surface area contributed by atoms with Gasteiger partial charge in [0, 0.05) is 6.42 Å². The van der Waals surface area contributed by atoms with Gasteiger partial charge in [0.1, 0.15) is 24.2 Å². The highest BCUT2D eigenvalue weighted by Gasteiger charge is 2.33. The maximum absolute atomic E-state index is 12.9. The van der Waals surface area contributed by atoms with Crippen molar-refractivity contribution in [2.75, 3.05) is 0 Å². The number of carbonyl (C=O) groups is 4. The van der Waals surface area contributed by atoms with E-state index in [0.29, 0.717) is 6.42 Å². The van der Waals surface area contributed by atoms with Gasteiger partial charge in [0.25, 0.3) is 0 Å². The fourth-order valence-electron chi connectivity index (χ4n) is 3.34. The summed E-state index contributed by atoms with van der Waals surface area (Å²) in [5, 5.41) is 17.0. The second-order valence-electron chi connectivity index (χ2n) is 8.04. The van der Waals surface area contributed by atoms with Crippen LogP contribution in [0.3, 0.4) is 0 Å². The van der Waals surface area contributed by atoms with Crippen LogP contribution in [-0.2, 0) is 30.3 Å². The molecular weight excluding hydrogens is 412 g/mol. The first-order valence-electron chi connectivity index (χ1n) is 10.8. The van der Waals surface area contributed by atoms with Crippen LogP contribution in [-0.4, -0.2) is 47.9 Å². The predicted molar refractivity (Wildman–Crippen MR) is 116 cm³/mol. The number of nitrogens with zero attached hydrogens (tertiary/aromatic N) is 1. The number of nitriles is 1. The topological polar surface area (TPSA) is 137 Å². The van der Waals surface area contributed by atoms with Gasteiger partial charge in [0.2, 0.25) is 17.7 Å². The molecule has 0 aliphatic carbocycles. The Hall–Kier alpha value is -3.41.